The van der Waals surface area contributed by atoms with E-state index in [1.165, 1.54) is 0 Å². The Morgan fingerprint density at radius 1 is 1.23 bits per heavy atom. The Morgan fingerprint density at radius 3 is 2.77 bits per heavy atom. The number of hydrogen-bond donors (Lipinski definition) is 1. The number of rotatable bonds is 5. The van der Waals surface area contributed by atoms with E-state index in [9.17, 15) is 4.79 Å². The predicted molar refractivity (Wildman–Crippen MR) is 81.8 cm³/mol. The van der Waals surface area contributed by atoms with Crippen LogP contribution in [0.5, 0.6) is 0 Å². The topological polar surface area (TPSA) is 73.0 Å². The molecule has 6 nitrogen and oxygen atoms in total. The third-order valence-electron chi connectivity index (χ3n) is 3.23. The summed E-state index contributed by atoms with van der Waals surface area (Å²) in [5.41, 5.74) is 0.893. The molecule has 0 radical (unpaired) electrons. The number of aromatic nitrogens is 3. The lowest BCUT2D eigenvalue weighted by Crippen LogP contribution is -2.15. The summed E-state index contributed by atoms with van der Waals surface area (Å²) in [6, 6.07) is 13.4. The van der Waals surface area contributed by atoms with Gasteiger partial charge < -0.3 is 4.42 Å². The molecule has 3 aromatic rings. The van der Waals surface area contributed by atoms with Crippen molar-refractivity contribution in [3.05, 3.63) is 60.3 Å². The summed E-state index contributed by atoms with van der Waals surface area (Å²) < 4.78 is 7.18. The maximum Gasteiger partial charge on any atom is 0.235 e. The van der Waals surface area contributed by atoms with E-state index < -0.39 is 0 Å². The average Bonchev–Trinajstić information content (AvgIpc) is 3.15. The van der Waals surface area contributed by atoms with Crippen molar-refractivity contribution in [1.82, 2.24) is 14.8 Å². The Bertz CT molecular complexity index is 761. The quantitative estimate of drug-likeness (QED) is 0.785. The second kappa shape index (κ2) is 6.26. The molecule has 22 heavy (non-hydrogen) atoms. The number of para-hydroxylation sites is 1. The SMILES string of the molecule is Cc1ccc(CCC(=O)Nc2nncn2-c2ccccc2)o1. The lowest BCUT2D eigenvalue weighted by Gasteiger charge is -2.07. The highest BCUT2D eigenvalue weighted by Gasteiger charge is 2.11. The van der Waals surface area contributed by atoms with Crippen LogP contribution >= 0.6 is 0 Å². The normalized spacial score (nSPS) is 10.6. The van der Waals surface area contributed by atoms with E-state index in [1.807, 2.05) is 49.4 Å². The molecule has 0 atom stereocenters. The molecule has 0 unspecified atom stereocenters. The van der Waals surface area contributed by atoms with Gasteiger partial charge in [-0.2, -0.15) is 0 Å². The molecular formula is C16H16N4O2. The van der Waals surface area contributed by atoms with E-state index in [0.29, 0.717) is 18.8 Å². The molecule has 0 aliphatic heterocycles. The molecule has 112 valence electrons. The van der Waals surface area contributed by atoms with Crippen LogP contribution in [0, 0.1) is 6.92 Å². The Hall–Kier alpha value is -2.89. The standard InChI is InChI=1S/C16H16N4O2/c1-12-7-8-14(22-12)9-10-15(21)18-16-19-17-11-20(16)13-5-3-2-4-6-13/h2-8,11H,9-10H2,1H3,(H,18,19,21). The van der Waals surface area contributed by atoms with Gasteiger partial charge in [-0.1, -0.05) is 18.2 Å². The average molecular weight is 296 g/mol. The van der Waals surface area contributed by atoms with Gasteiger partial charge in [-0.15, -0.1) is 10.2 Å². The van der Waals surface area contributed by atoms with Crippen LogP contribution in [-0.4, -0.2) is 20.7 Å². The van der Waals surface area contributed by atoms with Crippen molar-refractivity contribution in [3.8, 4) is 5.69 Å². The Morgan fingerprint density at radius 2 is 2.05 bits per heavy atom. The maximum atomic E-state index is 12.0. The number of aryl methyl sites for hydroxylation is 2. The molecule has 0 aliphatic carbocycles. The lowest BCUT2D eigenvalue weighted by molar-refractivity contribution is -0.116. The van der Waals surface area contributed by atoms with Crippen LogP contribution in [0.1, 0.15) is 17.9 Å². The summed E-state index contributed by atoms with van der Waals surface area (Å²) >= 11 is 0. The molecule has 0 aliphatic rings. The number of hydrogen-bond acceptors (Lipinski definition) is 4. The first kappa shape index (κ1) is 14.1. The fraction of sp³-hybridized carbons (Fsp3) is 0.188. The molecule has 0 saturated carbocycles. The van der Waals surface area contributed by atoms with E-state index in [-0.39, 0.29) is 5.91 Å². The monoisotopic (exact) mass is 296 g/mol. The van der Waals surface area contributed by atoms with Crippen LogP contribution in [0.4, 0.5) is 5.95 Å². The lowest BCUT2D eigenvalue weighted by atomic mass is 10.2. The molecule has 3 rings (SSSR count). The number of nitrogens with zero attached hydrogens (tertiary/aromatic N) is 3. The molecule has 2 heterocycles. The molecule has 0 fully saturated rings. The van der Waals surface area contributed by atoms with Crippen LogP contribution < -0.4 is 5.32 Å². The Labute approximate surface area is 127 Å². The largest absolute Gasteiger partial charge is 0.466 e. The highest BCUT2D eigenvalue weighted by atomic mass is 16.3. The minimum Gasteiger partial charge on any atom is -0.466 e. The molecule has 6 heteroatoms. The third-order valence-corrected chi connectivity index (χ3v) is 3.23. The van der Waals surface area contributed by atoms with Gasteiger partial charge in [0.2, 0.25) is 11.9 Å². The molecule has 0 saturated heterocycles. The van der Waals surface area contributed by atoms with Gasteiger partial charge in [0.1, 0.15) is 17.8 Å². The van der Waals surface area contributed by atoms with Crippen LogP contribution in [0.15, 0.2) is 53.2 Å². The van der Waals surface area contributed by atoms with E-state index in [4.69, 9.17) is 4.42 Å². The van der Waals surface area contributed by atoms with Crippen LogP contribution in [-0.2, 0) is 11.2 Å². The zero-order valence-electron chi connectivity index (χ0n) is 12.2. The van der Waals surface area contributed by atoms with Gasteiger partial charge in [-0.3, -0.25) is 14.7 Å². The smallest absolute Gasteiger partial charge is 0.235 e. The predicted octanol–water partition coefficient (Wildman–Crippen LogP) is 2.74. The second-order valence-electron chi connectivity index (χ2n) is 4.92. The van der Waals surface area contributed by atoms with Crippen LogP contribution in [0.25, 0.3) is 5.69 Å². The molecule has 2 aromatic heterocycles. The fourth-order valence-corrected chi connectivity index (χ4v) is 2.14. The number of benzene rings is 1. The van der Waals surface area contributed by atoms with Gasteiger partial charge in [0.05, 0.1) is 5.69 Å². The molecule has 1 amide bonds. The highest BCUT2D eigenvalue weighted by Crippen LogP contribution is 2.13. The van der Waals surface area contributed by atoms with Crippen molar-refractivity contribution in [2.45, 2.75) is 19.8 Å². The Balaban J connectivity index is 1.64. The molecule has 1 N–H and O–H groups in total. The zero-order valence-corrected chi connectivity index (χ0v) is 12.2. The van der Waals surface area contributed by atoms with E-state index in [0.717, 1.165) is 17.2 Å². The van der Waals surface area contributed by atoms with Crippen LogP contribution in [0.3, 0.4) is 0 Å². The van der Waals surface area contributed by atoms with E-state index in [1.54, 1.807) is 10.9 Å². The second-order valence-corrected chi connectivity index (χ2v) is 4.92. The minimum absolute atomic E-state index is 0.126. The molecule has 0 bridgehead atoms. The van der Waals surface area contributed by atoms with Gasteiger partial charge in [0.25, 0.3) is 0 Å². The first-order valence-electron chi connectivity index (χ1n) is 7.03. The van der Waals surface area contributed by atoms with Crippen molar-refractivity contribution in [3.63, 3.8) is 0 Å². The number of furan rings is 1. The van der Waals surface area contributed by atoms with Crippen LogP contribution in [0.2, 0.25) is 0 Å². The van der Waals surface area contributed by atoms with Gasteiger partial charge >= 0.3 is 0 Å². The zero-order chi connectivity index (χ0) is 15.4. The van der Waals surface area contributed by atoms with Crippen molar-refractivity contribution in [2.24, 2.45) is 0 Å². The summed E-state index contributed by atoms with van der Waals surface area (Å²) in [6.45, 7) is 1.88. The summed E-state index contributed by atoms with van der Waals surface area (Å²) in [5.74, 6) is 1.93. The summed E-state index contributed by atoms with van der Waals surface area (Å²) in [6.07, 6.45) is 2.45. The van der Waals surface area contributed by atoms with Crippen molar-refractivity contribution < 1.29 is 9.21 Å². The van der Waals surface area contributed by atoms with Gasteiger partial charge in [0, 0.05) is 12.8 Å². The summed E-state index contributed by atoms with van der Waals surface area (Å²) in [7, 11) is 0. The Kier molecular flexibility index (Phi) is 4.00. The van der Waals surface area contributed by atoms with Gasteiger partial charge in [-0.05, 0) is 31.2 Å². The summed E-state index contributed by atoms with van der Waals surface area (Å²) in [4.78, 5) is 12.0. The van der Waals surface area contributed by atoms with Gasteiger partial charge in [-0.25, -0.2) is 0 Å². The fourth-order valence-electron chi connectivity index (χ4n) is 2.14. The highest BCUT2D eigenvalue weighted by molar-refractivity contribution is 5.89. The third kappa shape index (κ3) is 3.22. The number of carbonyl (C=O) groups is 1. The maximum absolute atomic E-state index is 12.0. The van der Waals surface area contributed by atoms with E-state index >= 15 is 0 Å². The molecule has 0 spiro atoms. The molecule has 1 aromatic carbocycles. The number of anilines is 1. The number of nitrogens with one attached hydrogen (secondary N) is 1. The van der Waals surface area contributed by atoms with Gasteiger partial charge in [0.15, 0.2) is 0 Å². The minimum atomic E-state index is -0.126. The number of amides is 1. The first-order chi connectivity index (χ1) is 10.7. The first-order valence-corrected chi connectivity index (χ1v) is 7.03. The van der Waals surface area contributed by atoms with Crippen molar-refractivity contribution in [2.75, 3.05) is 5.32 Å². The number of carbonyl (C=O) groups excluding carboxylic acids is 1. The molecular weight excluding hydrogens is 280 g/mol. The van der Waals surface area contributed by atoms with Crippen molar-refractivity contribution in [1.29, 1.82) is 0 Å². The summed E-state index contributed by atoms with van der Waals surface area (Å²) in [5, 5.41) is 10.6. The van der Waals surface area contributed by atoms with Crippen molar-refractivity contribution >= 4 is 11.9 Å². The van der Waals surface area contributed by atoms with E-state index in [2.05, 4.69) is 15.5 Å².